The van der Waals surface area contributed by atoms with Crippen LogP contribution in [0.3, 0.4) is 0 Å². The van der Waals surface area contributed by atoms with Gasteiger partial charge in [-0.15, -0.1) is 13.2 Å². The van der Waals surface area contributed by atoms with Crippen LogP contribution in [0.5, 0.6) is 5.75 Å². The number of nitrogens with two attached hydrogens (primary N) is 1. The monoisotopic (exact) mass is 583 g/mol. The standard InChI is InChI=1S/C31H36F3N5O3/c32-31(33,34)42-25-15-13-24(14-16-25)37-30(41)29(36-18-21-39-19-4-1-5-20-39)23-11-8-22(9-12-23)10-17-28(40)38-27-7-3-2-6-26(27)35/h3,7-17,29,36H,1-2,4-6,18-21,35H2,(H,37,41)(H,38,40)/b17-10+. The summed E-state index contributed by atoms with van der Waals surface area (Å²) in [6.07, 6.45) is 7.16. The second-order valence-corrected chi connectivity index (χ2v) is 10.2. The van der Waals surface area contributed by atoms with Crippen molar-refractivity contribution in [3.05, 3.63) is 89.3 Å². The van der Waals surface area contributed by atoms with Crippen LogP contribution < -0.4 is 26.4 Å². The largest absolute Gasteiger partial charge is 0.573 e. The average molecular weight is 584 g/mol. The highest BCUT2D eigenvalue weighted by molar-refractivity contribution is 5.96. The fourth-order valence-corrected chi connectivity index (χ4v) is 4.82. The van der Waals surface area contributed by atoms with Crippen molar-refractivity contribution < 1.29 is 27.5 Å². The minimum atomic E-state index is -4.79. The van der Waals surface area contributed by atoms with Gasteiger partial charge in [-0.1, -0.05) is 36.8 Å². The minimum absolute atomic E-state index is 0.299. The molecule has 2 aliphatic rings. The van der Waals surface area contributed by atoms with E-state index in [2.05, 4.69) is 25.6 Å². The van der Waals surface area contributed by atoms with E-state index < -0.39 is 12.4 Å². The van der Waals surface area contributed by atoms with Gasteiger partial charge < -0.3 is 31.3 Å². The number of nitrogens with one attached hydrogen (secondary N) is 3. The molecule has 2 amide bonds. The highest BCUT2D eigenvalue weighted by atomic mass is 19.4. The molecule has 0 saturated carbocycles. The first-order valence-electron chi connectivity index (χ1n) is 14.0. The topological polar surface area (TPSA) is 109 Å². The Bertz CT molecular complexity index is 1300. The fourth-order valence-electron chi connectivity index (χ4n) is 4.82. The van der Waals surface area contributed by atoms with Gasteiger partial charge >= 0.3 is 6.36 Å². The molecule has 1 aliphatic carbocycles. The molecule has 5 N–H and O–H groups in total. The molecule has 1 heterocycles. The van der Waals surface area contributed by atoms with Crippen LogP contribution in [-0.2, 0) is 9.59 Å². The first kappa shape index (κ1) is 30.9. The predicted molar refractivity (Wildman–Crippen MR) is 156 cm³/mol. The third-order valence-electron chi connectivity index (χ3n) is 7.01. The molecule has 2 aromatic carbocycles. The number of hydrogen-bond donors (Lipinski definition) is 4. The van der Waals surface area contributed by atoms with Crippen molar-refractivity contribution in [1.82, 2.24) is 15.5 Å². The number of nitrogens with zero attached hydrogens (tertiary/aromatic N) is 1. The zero-order valence-corrected chi connectivity index (χ0v) is 23.3. The number of rotatable bonds is 11. The zero-order chi connectivity index (χ0) is 30.0. The molecule has 1 fully saturated rings. The average Bonchev–Trinajstić information content (AvgIpc) is 2.97. The van der Waals surface area contributed by atoms with Crippen LogP contribution in [-0.4, -0.2) is 49.3 Å². The van der Waals surface area contributed by atoms with Crippen molar-refractivity contribution in [2.45, 2.75) is 44.5 Å². The van der Waals surface area contributed by atoms with Gasteiger partial charge in [0.25, 0.3) is 0 Å². The lowest BCUT2D eigenvalue weighted by Crippen LogP contribution is -2.40. The molecule has 11 heteroatoms. The number of ether oxygens (including phenoxy) is 1. The highest BCUT2D eigenvalue weighted by Crippen LogP contribution is 2.25. The number of benzene rings is 2. The third kappa shape index (κ3) is 9.78. The van der Waals surface area contributed by atoms with Crippen molar-refractivity contribution >= 4 is 23.6 Å². The normalized spacial score (nSPS) is 16.8. The Labute approximate surface area is 243 Å². The molecule has 4 rings (SSSR count). The van der Waals surface area contributed by atoms with Crippen molar-refractivity contribution in [2.75, 3.05) is 31.5 Å². The minimum Gasteiger partial charge on any atom is -0.406 e. The maximum atomic E-state index is 13.3. The van der Waals surface area contributed by atoms with Gasteiger partial charge in [0.05, 0.1) is 5.70 Å². The van der Waals surface area contributed by atoms with Crippen LogP contribution in [0.2, 0.25) is 0 Å². The molecule has 1 unspecified atom stereocenters. The van der Waals surface area contributed by atoms with Gasteiger partial charge in [-0.3, -0.25) is 9.59 Å². The van der Waals surface area contributed by atoms with Crippen molar-refractivity contribution in [2.24, 2.45) is 5.73 Å². The van der Waals surface area contributed by atoms with E-state index in [0.717, 1.165) is 56.6 Å². The Morgan fingerprint density at radius 2 is 1.71 bits per heavy atom. The SMILES string of the molecule is NC1=C(NC(=O)/C=C/c2ccc(C(NCCN3CCCCC3)C(=O)Nc3ccc(OC(F)(F)F)cc3)cc2)C=CCC1. The quantitative estimate of drug-likeness (QED) is 0.278. The van der Waals surface area contributed by atoms with Gasteiger partial charge in [0.2, 0.25) is 11.8 Å². The number of hydrogen-bond acceptors (Lipinski definition) is 6. The van der Waals surface area contributed by atoms with E-state index in [4.69, 9.17) is 5.73 Å². The van der Waals surface area contributed by atoms with Gasteiger partial charge in [0, 0.05) is 30.5 Å². The van der Waals surface area contributed by atoms with Gasteiger partial charge in [-0.2, -0.15) is 0 Å². The number of anilines is 1. The summed E-state index contributed by atoms with van der Waals surface area (Å²) < 4.78 is 41.4. The van der Waals surface area contributed by atoms with Crippen molar-refractivity contribution in [3.8, 4) is 5.75 Å². The molecule has 1 atom stereocenters. The Hall–Kier alpha value is -4.09. The van der Waals surface area contributed by atoms with Crippen molar-refractivity contribution in [1.29, 1.82) is 0 Å². The van der Waals surface area contributed by atoms with Gasteiger partial charge in [0.15, 0.2) is 0 Å². The Balaban J connectivity index is 1.41. The summed E-state index contributed by atoms with van der Waals surface area (Å²) in [5.74, 6) is -1.02. The van der Waals surface area contributed by atoms with E-state index in [1.54, 1.807) is 24.3 Å². The van der Waals surface area contributed by atoms with Crippen molar-refractivity contribution in [3.63, 3.8) is 0 Å². The summed E-state index contributed by atoms with van der Waals surface area (Å²) in [5.41, 5.74) is 9.02. The fraction of sp³-hybridized carbons (Fsp3) is 0.355. The molecule has 224 valence electrons. The van der Waals surface area contributed by atoms with Crippen LogP contribution in [0.4, 0.5) is 18.9 Å². The Morgan fingerprint density at radius 3 is 2.38 bits per heavy atom. The second kappa shape index (κ2) is 14.7. The molecular formula is C31H36F3N5O3. The molecule has 8 nitrogen and oxygen atoms in total. The van der Waals surface area contributed by atoms with E-state index in [0.29, 0.717) is 35.6 Å². The van der Waals surface area contributed by atoms with Gasteiger partial charge in [-0.05, 0) is 86.3 Å². The smallest absolute Gasteiger partial charge is 0.406 e. The molecule has 0 bridgehead atoms. The van der Waals surface area contributed by atoms with E-state index in [1.165, 1.54) is 24.6 Å². The first-order chi connectivity index (χ1) is 20.2. The molecule has 0 spiro atoms. The van der Waals surface area contributed by atoms with Crippen LogP contribution in [0.25, 0.3) is 6.08 Å². The lowest BCUT2D eigenvalue weighted by Gasteiger charge is -2.27. The van der Waals surface area contributed by atoms with Crippen LogP contribution >= 0.6 is 0 Å². The van der Waals surface area contributed by atoms with E-state index in [9.17, 15) is 22.8 Å². The summed E-state index contributed by atoms with van der Waals surface area (Å²) >= 11 is 0. The molecule has 0 aromatic heterocycles. The third-order valence-corrected chi connectivity index (χ3v) is 7.01. The zero-order valence-electron chi connectivity index (χ0n) is 23.3. The summed E-state index contributed by atoms with van der Waals surface area (Å²) in [6.45, 7) is 3.42. The first-order valence-corrected chi connectivity index (χ1v) is 14.0. The molecule has 2 aromatic rings. The Kier molecular flexibility index (Phi) is 10.8. The highest BCUT2D eigenvalue weighted by Gasteiger charge is 2.31. The van der Waals surface area contributed by atoms with Gasteiger partial charge in [-0.25, -0.2) is 0 Å². The summed E-state index contributed by atoms with van der Waals surface area (Å²) in [7, 11) is 0. The number of allylic oxidation sites excluding steroid dienone is 3. The maximum absolute atomic E-state index is 13.3. The van der Waals surface area contributed by atoms with E-state index in [-0.39, 0.29) is 17.6 Å². The van der Waals surface area contributed by atoms with Gasteiger partial charge in [0.1, 0.15) is 11.8 Å². The molecule has 42 heavy (non-hydrogen) atoms. The van der Waals surface area contributed by atoms with E-state index in [1.807, 2.05) is 18.2 Å². The van der Waals surface area contributed by atoms with Crippen LogP contribution in [0.1, 0.15) is 49.3 Å². The summed E-state index contributed by atoms with van der Waals surface area (Å²) in [6, 6.07) is 11.5. The number of carbonyl (C=O) groups is 2. The molecule has 1 aliphatic heterocycles. The Morgan fingerprint density at radius 1 is 1.00 bits per heavy atom. The number of likely N-dealkylation sites (tertiary alicyclic amines) is 1. The number of halogens is 3. The lowest BCUT2D eigenvalue weighted by atomic mass is 10.0. The molecule has 0 radical (unpaired) electrons. The van der Waals surface area contributed by atoms with Crippen LogP contribution in [0, 0.1) is 0 Å². The number of alkyl halides is 3. The van der Waals surface area contributed by atoms with Crippen LogP contribution in [0.15, 0.2) is 78.2 Å². The predicted octanol–water partition coefficient (Wildman–Crippen LogP) is 4.99. The number of piperidine rings is 1. The molecular weight excluding hydrogens is 547 g/mol. The lowest BCUT2D eigenvalue weighted by molar-refractivity contribution is -0.274. The second-order valence-electron chi connectivity index (χ2n) is 10.2. The van der Waals surface area contributed by atoms with E-state index >= 15 is 0 Å². The number of carbonyl (C=O) groups excluding carboxylic acids is 2. The molecule has 1 saturated heterocycles. The summed E-state index contributed by atoms with van der Waals surface area (Å²) in [4.78, 5) is 28.1. The maximum Gasteiger partial charge on any atom is 0.573 e. The summed E-state index contributed by atoms with van der Waals surface area (Å²) in [5, 5.41) is 8.89. The number of amides is 2.